The van der Waals surface area contributed by atoms with Gasteiger partial charge < -0.3 is 15.3 Å². The molecular weight excluding hydrogens is 336 g/mol. The highest BCUT2D eigenvalue weighted by Gasteiger charge is 2.41. The molecule has 0 saturated carbocycles. The molecule has 1 unspecified atom stereocenters. The molecule has 1 atom stereocenters. The molecule has 2 aromatic carbocycles. The van der Waals surface area contributed by atoms with E-state index in [4.69, 9.17) is 0 Å². The van der Waals surface area contributed by atoms with E-state index in [0.717, 1.165) is 19.4 Å². The topological polar surface area (TPSA) is 52.6 Å². The number of aliphatic hydroxyl groups is 1. The summed E-state index contributed by atoms with van der Waals surface area (Å²) in [4.78, 5) is 14.7. The number of rotatable bonds is 7. The van der Waals surface area contributed by atoms with Crippen LogP contribution in [0.25, 0.3) is 0 Å². The van der Waals surface area contributed by atoms with Gasteiger partial charge in [0.25, 0.3) is 5.91 Å². The average molecular weight is 367 g/mol. The number of hydrogen-bond acceptors (Lipinski definition) is 3. The van der Waals surface area contributed by atoms with Crippen molar-refractivity contribution in [1.29, 1.82) is 0 Å². The van der Waals surface area contributed by atoms with Crippen LogP contribution in [-0.2, 0) is 17.8 Å². The lowest BCUT2D eigenvalue weighted by molar-refractivity contribution is -0.156. The highest BCUT2D eigenvalue weighted by Crippen LogP contribution is 2.23. The highest BCUT2D eigenvalue weighted by atomic mass is 16.3. The SMILES string of the molecule is Cc1cccc(CNCC2(O)CCCN(CCc3ccccc3)C2=O)c1C. The number of hydrogen-bond donors (Lipinski definition) is 2. The van der Waals surface area contributed by atoms with Crippen molar-refractivity contribution in [1.82, 2.24) is 10.2 Å². The van der Waals surface area contributed by atoms with Crippen LogP contribution in [0.5, 0.6) is 0 Å². The number of carbonyl (C=O) groups is 1. The zero-order valence-corrected chi connectivity index (χ0v) is 16.4. The van der Waals surface area contributed by atoms with Gasteiger partial charge in [0.05, 0.1) is 0 Å². The molecule has 27 heavy (non-hydrogen) atoms. The van der Waals surface area contributed by atoms with Gasteiger partial charge in [0.2, 0.25) is 0 Å². The summed E-state index contributed by atoms with van der Waals surface area (Å²) in [5.74, 6) is -0.141. The number of carbonyl (C=O) groups excluding carboxylic acids is 1. The minimum atomic E-state index is -1.30. The van der Waals surface area contributed by atoms with E-state index in [0.29, 0.717) is 26.1 Å². The van der Waals surface area contributed by atoms with E-state index in [-0.39, 0.29) is 5.91 Å². The van der Waals surface area contributed by atoms with Crippen molar-refractivity contribution >= 4 is 5.91 Å². The van der Waals surface area contributed by atoms with Crippen molar-refractivity contribution in [2.75, 3.05) is 19.6 Å². The van der Waals surface area contributed by atoms with Gasteiger partial charge in [0, 0.05) is 26.2 Å². The van der Waals surface area contributed by atoms with E-state index in [2.05, 4.69) is 43.4 Å². The van der Waals surface area contributed by atoms with Gasteiger partial charge in [-0.2, -0.15) is 0 Å². The zero-order chi connectivity index (χ0) is 19.3. The summed E-state index contributed by atoms with van der Waals surface area (Å²) in [5.41, 5.74) is 3.65. The van der Waals surface area contributed by atoms with E-state index in [9.17, 15) is 9.90 Å². The summed E-state index contributed by atoms with van der Waals surface area (Å²) in [5, 5.41) is 14.3. The third-order valence-electron chi connectivity index (χ3n) is 5.67. The van der Waals surface area contributed by atoms with Crippen LogP contribution in [0.1, 0.15) is 35.1 Å². The molecule has 2 aromatic rings. The smallest absolute Gasteiger partial charge is 0.255 e. The monoisotopic (exact) mass is 366 g/mol. The first-order chi connectivity index (χ1) is 13.0. The molecule has 1 aliphatic heterocycles. The molecule has 1 saturated heterocycles. The summed E-state index contributed by atoms with van der Waals surface area (Å²) in [6.45, 7) is 6.54. The molecule has 1 amide bonds. The predicted molar refractivity (Wildman–Crippen MR) is 109 cm³/mol. The van der Waals surface area contributed by atoms with Crippen LogP contribution < -0.4 is 5.32 Å². The molecule has 144 valence electrons. The first-order valence-corrected chi connectivity index (χ1v) is 9.81. The van der Waals surface area contributed by atoms with Crippen molar-refractivity contribution in [2.45, 2.75) is 45.3 Å². The maximum Gasteiger partial charge on any atom is 0.255 e. The Balaban J connectivity index is 1.56. The minimum absolute atomic E-state index is 0.141. The van der Waals surface area contributed by atoms with Gasteiger partial charge in [0.1, 0.15) is 0 Å². The number of likely N-dealkylation sites (tertiary alicyclic amines) is 1. The van der Waals surface area contributed by atoms with Crippen LogP contribution in [0.15, 0.2) is 48.5 Å². The fourth-order valence-electron chi connectivity index (χ4n) is 3.76. The number of amides is 1. The Morgan fingerprint density at radius 1 is 1.11 bits per heavy atom. The van der Waals surface area contributed by atoms with Gasteiger partial charge in [-0.15, -0.1) is 0 Å². The zero-order valence-electron chi connectivity index (χ0n) is 16.4. The highest BCUT2D eigenvalue weighted by molar-refractivity contribution is 5.86. The Bertz CT molecular complexity index is 775. The third-order valence-corrected chi connectivity index (χ3v) is 5.67. The second kappa shape index (κ2) is 8.68. The van der Waals surface area contributed by atoms with Crippen LogP contribution in [0.3, 0.4) is 0 Å². The Kier molecular flexibility index (Phi) is 6.30. The lowest BCUT2D eigenvalue weighted by atomic mass is 9.91. The van der Waals surface area contributed by atoms with Crippen LogP contribution in [0, 0.1) is 13.8 Å². The van der Waals surface area contributed by atoms with E-state index in [1.807, 2.05) is 29.2 Å². The Labute approximate surface area is 162 Å². The maximum absolute atomic E-state index is 12.9. The molecule has 0 aromatic heterocycles. The van der Waals surface area contributed by atoms with Crippen LogP contribution in [-0.4, -0.2) is 41.1 Å². The van der Waals surface area contributed by atoms with Gasteiger partial charge in [-0.3, -0.25) is 4.79 Å². The minimum Gasteiger partial charge on any atom is -0.379 e. The summed E-state index contributed by atoms with van der Waals surface area (Å²) in [6, 6.07) is 16.4. The van der Waals surface area contributed by atoms with Crippen molar-refractivity contribution < 1.29 is 9.90 Å². The predicted octanol–water partition coefficient (Wildman–Crippen LogP) is 2.99. The second-order valence-electron chi connectivity index (χ2n) is 7.63. The maximum atomic E-state index is 12.9. The summed E-state index contributed by atoms with van der Waals surface area (Å²) >= 11 is 0. The van der Waals surface area contributed by atoms with E-state index >= 15 is 0 Å². The largest absolute Gasteiger partial charge is 0.379 e. The number of piperidine rings is 1. The van der Waals surface area contributed by atoms with Crippen molar-refractivity contribution in [3.63, 3.8) is 0 Å². The Morgan fingerprint density at radius 3 is 2.67 bits per heavy atom. The summed E-state index contributed by atoms with van der Waals surface area (Å²) in [6.07, 6.45) is 2.17. The number of benzene rings is 2. The van der Waals surface area contributed by atoms with E-state index in [1.54, 1.807) is 0 Å². The molecule has 0 radical (unpaired) electrons. The average Bonchev–Trinajstić information content (AvgIpc) is 2.67. The molecule has 3 rings (SSSR count). The standard InChI is InChI=1S/C23H30N2O2/c1-18-8-6-11-21(19(18)2)16-24-17-23(27)13-7-14-25(22(23)26)15-12-20-9-4-3-5-10-20/h3-6,8-11,24,27H,7,12-17H2,1-2H3. The number of aryl methyl sites for hydroxylation is 1. The molecule has 4 heteroatoms. The second-order valence-corrected chi connectivity index (χ2v) is 7.63. The first-order valence-electron chi connectivity index (χ1n) is 9.81. The van der Waals surface area contributed by atoms with Crippen LogP contribution in [0.4, 0.5) is 0 Å². The van der Waals surface area contributed by atoms with Gasteiger partial charge in [0.15, 0.2) is 5.60 Å². The van der Waals surface area contributed by atoms with Gasteiger partial charge in [-0.1, -0.05) is 48.5 Å². The molecule has 0 spiro atoms. The fraction of sp³-hybridized carbons (Fsp3) is 0.435. The molecule has 1 heterocycles. The van der Waals surface area contributed by atoms with Gasteiger partial charge in [-0.05, 0) is 55.4 Å². The Morgan fingerprint density at radius 2 is 1.89 bits per heavy atom. The Hall–Kier alpha value is -2.17. The number of nitrogens with one attached hydrogen (secondary N) is 1. The first kappa shape index (κ1) is 19.6. The summed E-state index contributed by atoms with van der Waals surface area (Å²) in [7, 11) is 0. The molecule has 0 bridgehead atoms. The van der Waals surface area contributed by atoms with Gasteiger partial charge >= 0.3 is 0 Å². The van der Waals surface area contributed by atoms with Crippen LogP contribution >= 0.6 is 0 Å². The molecule has 4 nitrogen and oxygen atoms in total. The van der Waals surface area contributed by atoms with Crippen LogP contribution in [0.2, 0.25) is 0 Å². The van der Waals surface area contributed by atoms with E-state index in [1.165, 1.54) is 22.3 Å². The molecule has 1 aliphatic rings. The molecule has 0 aliphatic carbocycles. The van der Waals surface area contributed by atoms with Crippen molar-refractivity contribution in [3.05, 3.63) is 70.8 Å². The third kappa shape index (κ3) is 4.76. The molecule has 2 N–H and O–H groups in total. The lowest BCUT2D eigenvalue weighted by Gasteiger charge is -2.38. The lowest BCUT2D eigenvalue weighted by Crippen LogP contribution is -2.58. The molecular formula is C23H30N2O2. The normalized spacial score (nSPS) is 20.1. The number of nitrogens with zero attached hydrogens (tertiary/aromatic N) is 1. The molecule has 1 fully saturated rings. The fourth-order valence-corrected chi connectivity index (χ4v) is 3.76. The van der Waals surface area contributed by atoms with Gasteiger partial charge in [-0.25, -0.2) is 0 Å². The summed E-state index contributed by atoms with van der Waals surface area (Å²) < 4.78 is 0. The van der Waals surface area contributed by atoms with Crippen molar-refractivity contribution in [2.24, 2.45) is 0 Å². The van der Waals surface area contributed by atoms with Crippen molar-refractivity contribution in [3.8, 4) is 0 Å². The quantitative estimate of drug-likeness (QED) is 0.792. The van der Waals surface area contributed by atoms with E-state index < -0.39 is 5.60 Å².